The molecule has 1 spiro atoms. The van der Waals surface area contributed by atoms with Crippen LogP contribution in [0.4, 0.5) is 0 Å². The summed E-state index contributed by atoms with van der Waals surface area (Å²) in [6.45, 7) is 7.55. The molecule has 4 atom stereocenters. The molecule has 3 aliphatic rings. The lowest BCUT2D eigenvalue weighted by Gasteiger charge is -2.50. The van der Waals surface area contributed by atoms with Crippen LogP contribution in [0.3, 0.4) is 0 Å². The minimum atomic E-state index is -0.279. The van der Waals surface area contributed by atoms with Gasteiger partial charge < -0.3 is 14.8 Å². The van der Waals surface area contributed by atoms with Gasteiger partial charge in [0.2, 0.25) is 0 Å². The second-order valence-electron chi connectivity index (χ2n) is 6.91. The molecule has 4 nitrogen and oxygen atoms in total. The number of nitrogens with zero attached hydrogens (tertiary/aromatic N) is 1. The molecule has 0 aromatic heterocycles. The Kier molecular flexibility index (Phi) is 4.37. The van der Waals surface area contributed by atoms with Gasteiger partial charge in [0.25, 0.3) is 0 Å². The molecule has 0 radical (unpaired) electrons. The minimum absolute atomic E-state index is 0.279. The zero-order chi connectivity index (χ0) is 14.2. The lowest BCUT2D eigenvalue weighted by molar-refractivity contribution is -0.196. The quantitative estimate of drug-likeness (QED) is 0.840. The van der Waals surface area contributed by atoms with E-state index in [9.17, 15) is 0 Å². The van der Waals surface area contributed by atoms with Crippen LogP contribution in [0.5, 0.6) is 0 Å². The van der Waals surface area contributed by atoms with Crippen molar-refractivity contribution in [1.82, 2.24) is 10.2 Å². The summed E-state index contributed by atoms with van der Waals surface area (Å²) >= 11 is 0. The first-order valence-corrected chi connectivity index (χ1v) is 8.36. The molecular formula is C16H30N2O2. The third kappa shape index (κ3) is 2.63. The smallest absolute Gasteiger partial charge is 0.170 e. The summed E-state index contributed by atoms with van der Waals surface area (Å²) in [6.07, 6.45) is 5.90. The number of likely N-dealkylation sites (tertiary alicyclic amines) is 1. The van der Waals surface area contributed by atoms with Crippen LogP contribution in [-0.4, -0.2) is 55.6 Å². The van der Waals surface area contributed by atoms with Crippen molar-refractivity contribution < 1.29 is 9.47 Å². The summed E-state index contributed by atoms with van der Waals surface area (Å²) in [5.41, 5.74) is 0. The maximum atomic E-state index is 5.98. The van der Waals surface area contributed by atoms with Gasteiger partial charge >= 0.3 is 0 Å². The average molecular weight is 282 g/mol. The predicted octanol–water partition coefficient (Wildman–Crippen LogP) is 1.99. The molecule has 2 saturated heterocycles. The van der Waals surface area contributed by atoms with Gasteiger partial charge in [0.15, 0.2) is 5.79 Å². The van der Waals surface area contributed by atoms with Gasteiger partial charge in [-0.3, -0.25) is 4.90 Å². The van der Waals surface area contributed by atoms with E-state index in [1.165, 1.54) is 19.4 Å². The second kappa shape index (κ2) is 5.91. The van der Waals surface area contributed by atoms with E-state index in [1.807, 2.05) is 0 Å². The standard InChI is InChI=1S/C16H30N2O2/c1-12-5-4-8-18(13(12)2)15-11-16(19-9-10-20-16)7-6-14(15)17-3/h12-15,17H,4-11H2,1-3H3. The molecule has 2 heterocycles. The number of rotatable bonds is 2. The van der Waals surface area contributed by atoms with Crippen molar-refractivity contribution in [3.05, 3.63) is 0 Å². The highest BCUT2D eigenvalue weighted by atomic mass is 16.7. The Morgan fingerprint density at radius 3 is 2.60 bits per heavy atom. The summed E-state index contributed by atoms with van der Waals surface area (Å²) in [5, 5.41) is 3.54. The van der Waals surface area contributed by atoms with Crippen LogP contribution in [0.2, 0.25) is 0 Å². The van der Waals surface area contributed by atoms with Gasteiger partial charge in [-0.05, 0) is 45.7 Å². The van der Waals surface area contributed by atoms with Crippen LogP contribution in [0.15, 0.2) is 0 Å². The van der Waals surface area contributed by atoms with Crippen LogP contribution < -0.4 is 5.32 Å². The Labute approximate surface area is 123 Å². The van der Waals surface area contributed by atoms with Crippen LogP contribution >= 0.6 is 0 Å². The molecular weight excluding hydrogens is 252 g/mol. The third-order valence-corrected chi connectivity index (χ3v) is 5.85. The lowest BCUT2D eigenvalue weighted by Crippen LogP contribution is -2.61. The molecule has 1 saturated carbocycles. The number of nitrogens with one attached hydrogen (secondary N) is 1. The number of hydrogen-bond acceptors (Lipinski definition) is 4. The Hall–Kier alpha value is -0.160. The third-order valence-electron chi connectivity index (χ3n) is 5.85. The normalized spacial score (nSPS) is 42.1. The summed E-state index contributed by atoms with van der Waals surface area (Å²) in [6, 6.07) is 1.78. The van der Waals surface area contributed by atoms with E-state index in [0.717, 1.165) is 38.4 Å². The van der Waals surface area contributed by atoms with E-state index < -0.39 is 0 Å². The first kappa shape index (κ1) is 14.8. The zero-order valence-corrected chi connectivity index (χ0v) is 13.2. The average Bonchev–Trinajstić information content (AvgIpc) is 2.90. The molecule has 4 heteroatoms. The number of piperidine rings is 1. The molecule has 0 amide bonds. The zero-order valence-electron chi connectivity index (χ0n) is 13.2. The van der Waals surface area contributed by atoms with E-state index in [1.54, 1.807) is 0 Å². The predicted molar refractivity (Wildman–Crippen MR) is 79.7 cm³/mol. The van der Waals surface area contributed by atoms with Gasteiger partial charge in [-0.1, -0.05) is 6.92 Å². The van der Waals surface area contributed by atoms with Gasteiger partial charge in [-0.2, -0.15) is 0 Å². The van der Waals surface area contributed by atoms with Gasteiger partial charge in [0.05, 0.1) is 13.2 Å². The maximum Gasteiger partial charge on any atom is 0.170 e. The molecule has 1 aliphatic carbocycles. The van der Waals surface area contributed by atoms with E-state index in [2.05, 4.69) is 31.1 Å². The molecule has 0 bridgehead atoms. The van der Waals surface area contributed by atoms with Crippen LogP contribution in [0.25, 0.3) is 0 Å². The van der Waals surface area contributed by atoms with Crippen LogP contribution in [0.1, 0.15) is 46.0 Å². The molecule has 4 unspecified atom stereocenters. The van der Waals surface area contributed by atoms with Crippen molar-refractivity contribution in [3.8, 4) is 0 Å². The monoisotopic (exact) mass is 282 g/mol. The van der Waals surface area contributed by atoms with Crippen molar-refractivity contribution in [2.45, 2.75) is 69.9 Å². The molecule has 0 aromatic carbocycles. The number of ether oxygens (including phenoxy) is 2. The Balaban J connectivity index is 1.76. The van der Waals surface area contributed by atoms with E-state index in [4.69, 9.17) is 9.47 Å². The molecule has 3 fully saturated rings. The second-order valence-corrected chi connectivity index (χ2v) is 6.91. The van der Waals surface area contributed by atoms with Crippen molar-refractivity contribution in [2.24, 2.45) is 5.92 Å². The minimum Gasteiger partial charge on any atom is -0.347 e. The molecule has 3 rings (SSSR count). The number of likely N-dealkylation sites (N-methyl/N-ethyl adjacent to an activating group) is 1. The van der Waals surface area contributed by atoms with Gasteiger partial charge in [-0.25, -0.2) is 0 Å². The highest BCUT2D eigenvalue weighted by Gasteiger charge is 2.47. The largest absolute Gasteiger partial charge is 0.347 e. The fourth-order valence-electron chi connectivity index (χ4n) is 4.41. The number of hydrogen-bond donors (Lipinski definition) is 1. The van der Waals surface area contributed by atoms with E-state index in [0.29, 0.717) is 18.1 Å². The van der Waals surface area contributed by atoms with Gasteiger partial charge in [0, 0.05) is 31.0 Å². The summed E-state index contributed by atoms with van der Waals surface area (Å²) in [4.78, 5) is 2.72. The van der Waals surface area contributed by atoms with Crippen molar-refractivity contribution >= 4 is 0 Å². The summed E-state index contributed by atoms with van der Waals surface area (Å²) < 4.78 is 12.0. The highest BCUT2D eigenvalue weighted by molar-refractivity contribution is 4.98. The first-order chi connectivity index (χ1) is 9.65. The Morgan fingerprint density at radius 2 is 1.90 bits per heavy atom. The molecule has 1 N–H and O–H groups in total. The van der Waals surface area contributed by atoms with Crippen LogP contribution in [0, 0.1) is 5.92 Å². The molecule has 20 heavy (non-hydrogen) atoms. The Morgan fingerprint density at radius 1 is 1.15 bits per heavy atom. The van der Waals surface area contributed by atoms with Crippen LogP contribution in [-0.2, 0) is 9.47 Å². The van der Waals surface area contributed by atoms with Crippen molar-refractivity contribution in [2.75, 3.05) is 26.8 Å². The lowest BCUT2D eigenvalue weighted by atomic mass is 9.81. The van der Waals surface area contributed by atoms with E-state index in [-0.39, 0.29) is 5.79 Å². The molecule has 2 aliphatic heterocycles. The maximum absolute atomic E-state index is 5.98. The van der Waals surface area contributed by atoms with E-state index >= 15 is 0 Å². The van der Waals surface area contributed by atoms with Crippen molar-refractivity contribution in [1.29, 1.82) is 0 Å². The fourth-order valence-corrected chi connectivity index (χ4v) is 4.41. The SMILES string of the molecule is CNC1CCC2(CC1N1CCCC(C)C1C)OCCO2. The topological polar surface area (TPSA) is 33.7 Å². The summed E-state index contributed by atoms with van der Waals surface area (Å²) in [7, 11) is 2.10. The molecule has 116 valence electrons. The highest BCUT2D eigenvalue weighted by Crippen LogP contribution is 2.40. The molecule has 0 aromatic rings. The fraction of sp³-hybridized carbons (Fsp3) is 1.00. The van der Waals surface area contributed by atoms with Gasteiger partial charge in [0.1, 0.15) is 0 Å². The van der Waals surface area contributed by atoms with Gasteiger partial charge in [-0.15, -0.1) is 0 Å². The summed E-state index contributed by atoms with van der Waals surface area (Å²) in [5.74, 6) is 0.517. The van der Waals surface area contributed by atoms with Crippen molar-refractivity contribution in [3.63, 3.8) is 0 Å². The first-order valence-electron chi connectivity index (χ1n) is 8.36. The Bertz CT molecular complexity index is 330.